The summed E-state index contributed by atoms with van der Waals surface area (Å²) in [5, 5.41) is 59.9. The summed E-state index contributed by atoms with van der Waals surface area (Å²) in [6.45, 7) is 1.29. The zero-order chi connectivity index (χ0) is 41.5. The number of fused-ring (bicyclic) bond motifs is 2. The van der Waals surface area contributed by atoms with E-state index in [1.54, 1.807) is 24.2 Å². The lowest BCUT2D eigenvalue weighted by Gasteiger charge is -2.49. The summed E-state index contributed by atoms with van der Waals surface area (Å²) in [7, 11) is -4.09. The number of rotatable bonds is 14. The van der Waals surface area contributed by atoms with E-state index in [0.29, 0.717) is 27.7 Å². The van der Waals surface area contributed by atoms with Crippen LogP contribution in [0.3, 0.4) is 0 Å². The zero-order valence-electron chi connectivity index (χ0n) is 29.8. The van der Waals surface area contributed by atoms with Gasteiger partial charge in [-0.3, -0.25) is 19.5 Å². The van der Waals surface area contributed by atoms with Gasteiger partial charge in [-0.05, 0) is 48.4 Å². The number of aliphatic carboxylic acids is 1. The number of hydrazine groups is 2. The van der Waals surface area contributed by atoms with Crippen LogP contribution in [0.5, 0.6) is 23.0 Å². The van der Waals surface area contributed by atoms with Crippen LogP contribution in [0.1, 0.15) is 18.2 Å². The molecular formula is C33H32N10O11S4. The number of sulfonamides is 1. The van der Waals surface area contributed by atoms with Crippen molar-refractivity contribution in [3.8, 4) is 23.0 Å². The fourth-order valence-corrected chi connectivity index (χ4v) is 9.89. The van der Waals surface area contributed by atoms with Crippen molar-refractivity contribution in [3.63, 3.8) is 0 Å². The topological polar surface area (TPSA) is 305 Å². The summed E-state index contributed by atoms with van der Waals surface area (Å²) in [5.74, 6) is -3.82. The van der Waals surface area contributed by atoms with Gasteiger partial charge in [-0.2, -0.15) is 4.72 Å². The van der Waals surface area contributed by atoms with Crippen LogP contribution in [0.4, 0.5) is 5.13 Å². The molecule has 0 unspecified atom stereocenters. The standard InChI is InChI=1S/C33H32N10O11S4/c1-15-6-25(43-24(36-15)9-41(40-43)14-35-58(52,53)18-3-5-21(45)23(47)8-18)55-11-17-12-56-31-27(30(49)42(31)28(17)32(50)51)38-29(48)26(19-13-57-33(34)37-19)39-54-10-16-2-4-20(44)22(46)7-16/h2-9,13,27,31,35,40,44-47H,10-12,14H2,1H3,(H2,34,37)(H,38,48)(H,50,51)/t27-,31-/m1/s1. The molecule has 1 aromatic heterocycles. The number of carboxylic acids is 1. The highest BCUT2D eigenvalue weighted by Crippen LogP contribution is 2.42. The highest BCUT2D eigenvalue weighted by atomic mass is 32.2. The number of nitrogens with zero attached hydrogens (tertiary/aromatic N) is 6. The lowest BCUT2D eigenvalue weighted by Crippen LogP contribution is -2.71. The van der Waals surface area contributed by atoms with Crippen LogP contribution in [0.25, 0.3) is 0 Å². The maximum absolute atomic E-state index is 13.5. The fraction of sp³-hybridized carbons (Fsp3) is 0.212. The third kappa shape index (κ3) is 8.20. The molecule has 3 aromatic rings. The third-order valence-electron chi connectivity index (χ3n) is 8.59. The average Bonchev–Trinajstić information content (AvgIpc) is 3.81. The molecule has 10 N–H and O–H groups in total. The van der Waals surface area contributed by atoms with Gasteiger partial charge in [0.1, 0.15) is 29.4 Å². The van der Waals surface area contributed by atoms with Gasteiger partial charge >= 0.3 is 5.97 Å². The Morgan fingerprint density at radius 1 is 1.12 bits per heavy atom. The van der Waals surface area contributed by atoms with Gasteiger partial charge < -0.3 is 41.4 Å². The van der Waals surface area contributed by atoms with Gasteiger partial charge in [0.25, 0.3) is 11.8 Å². The van der Waals surface area contributed by atoms with Crippen LogP contribution < -0.4 is 21.3 Å². The maximum atomic E-state index is 13.5. The quantitative estimate of drug-likeness (QED) is 0.0473. The smallest absolute Gasteiger partial charge is 0.352 e. The molecule has 0 aliphatic carbocycles. The number of aliphatic imine (C=N–C) groups is 1. The minimum Gasteiger partial charge on any atom is -0.504 e. The summed E-state index contributed by atoms with van der Waals surface area (Å²) in [4.78, 5) is 54.5. The molecule has 25 heteroatoms. The normalized spacial score (nSPS) is 19.2. The number of allylic oxidation sites excluding steroid dienone is 1. The van der Waals surface area contributed by atoms with Crippen LogP contribution in [-0.2, 0) is 35.9 Å². The number of nitrogens with one attached hydrogen (secondary N) is 3. The Morgan fingerprint density at radius 3 is 2.55 bits per heavy atom. The molecule has 2 aromatic carbocycles. The number of hydrogen-bond acceptors (Lipinski definition) is 20. The predicted octanol–water partition coefficient (Wildman–Crippen LogP) is 1.03. The number of nitrogen functional groups attached to an aromatic ring is 1. The summed E-state index contributed by atoms with van der Waals surface area (Å²) < 4.78 is 28.0. The molecule has 2 atom stereocenters. The second-order valence-corrected chi connectivity index (χ2v) is 17.4. The molecule has 0 radical (unpaired) electrons. The summed E-state index contributed by atoms with van der Waals surface area (Å²) in [5.41, 5.74) is 9.83. The number of thiazole rings is 1. The van der Waals surface area contributed by atoms with Crippen molar-refractivity contribution in [3.05, 3.63) is 87.4 Å². The van der Waals surface area contributed by atoms with Crippen molar-refractivity contribution in [2.75, 3.05) is 23.9 Å². The van der Waals surface area contributed by atoms with Gasteiger partial charge in [0.05, 0.1) is 22.8 Å². The van der Waals surface area contributed by atoms with Crippen molar-refractivity contribution in [2.45, 2.75) is 29.8 Å². The van der Waals surface area contributed by atoms with Crippen molar-refractivity contribution in [1.29, 1.82) is 0 Å². The second kappa shape index (κ2) is 16.1. The molecule has 4 aliphatic rings. The predicted molar refractivity (Wildman–Crippen MR) is 211 cm³/mol. The molecule has 1 fully saturated rings. The summed E-state index contributed by atoms with van der Waals surface area (Å²) in [6, 6.07) is 5.99. The van der Waals surface area contributed by atoms with Crippen LogP contribution >= 0.6 is 34.9 Å². The monoisotopic (exact) mass is 872 g/mol. The summed E-state index contributed by atoms with van der Waals surface area (Å²) >= 11 is 3.56. The number of benzene rings is 2. The molecule has 2 amide bonds. The lowest BCUT2D eigenvalue weighted by atomic mass is 10.0. The van der Waals surface area contributed by atoms with Crippen molar-refractivity contribution in [2.24, 2.45) is 10.1 Å². The molecule has 0 spiro atoms. The Hall–Kier alpha value is -5.99. The van der Waals surface area contributed by atoms with E-state index in [2.05, 4.69) is 30.7 Å². The van der Waals surface area contributed by atoms with Crippen LogP contribution in [-0.4, -0.2) is 113 Å². The first-order chi connectivity index (χ1) is 27.6. The first kappa shape index (κ1) is 40.2. The number of phenolic OH excluding ortho intramolecular Hbond substituents is 4. The van der Waals surface area contributed by atoms with Crippen molar-refractivity contribution >= 4 is 79.2 Å². The first-order valence-corrected chi connectivity index (χ1v) is 21.1. The molecular weight excluding hydrogens is 841 g/mol. The van der Waals surface area contributed by atoms with Gasteiger partial charge in [-0.15, -0.1) is 40.4 Å². The molecule has 21 nitrogen and oxygen atoms in total. The van der Waals surface area contributed by atoms with E-state index in [1.807, 2.05) is 0 Å². The molecule has 4 aliphatic heterocycles. The molecule has 5 heterocycles. The summed E-state index contributed by atoms with van der Waals surface area (Å²) in [6.07, 6.45) is 3.30. The number of β-lactam (4-membered cyclic amide) rings is 1. The van der Waals surface area contributed by atoms with E-state index < -0.39 is 50.7 Å². The van der Waals surface area contributed by atoms with Crippen LogP contribution in [0.2, 0.25) is 0 Å². The number of nitrogens with two attached hydrogens (primary N) is 1. The highest BCUT2D eigenvalue weighted by molar-refractivity contribution is 8.03. The van der Waals surface area contributed by atoms with Crippen LogP contribution in [0.15, 0.2) is 91.2 Å². The number of oxime groups is 1. The number of carbonyl (C=O) groups excluding carboxylic acids is 2. The Labute approximate surface area is 340 Å². The van der Waals surface area contributed by atoms with E-state index in [0.717, 1.165) is 34.4 Å². The Balaban J connectivity index is 0.996. The number of thioether (sulfide) groups is 2. The van der Waals surface area contributed by atoms with E-state index in [4.69, 9.17) is 10.6 Å². The van der Waals surface area contributed by atoms with Crippen molar-refractivity contribution < 1.29 is 53.2 Å². The maximum Gasteiger partial charge on any atom is 0.352 e. The minimum absolute atomic E-state index is 0.0707. The molecule has 1 saturated heterocycles. The van der Waals surface area contributed by atoms with Crippen molar-refractivity contribution in [1.82, 2.24) is 35.5 Å². The molecule has 0 bridgehead atoms. The van der Waals surface area contributed by atoms with E-state index >= 15 is 0 Å². The van der Waals surface area contributed by atoms with Gasteiger partial charge in [0.15, 0.2) is 39.7 Å². The Morgan fingerprint density at radius 2 is 1.86 bits per heavy atom. The minimum atomic E-state index is -4.09. The van der Waals surface area contributed by atoms with Gasteiger partial charge in [0, 0.05) is 28.7 Å². The van der Waals surface area contributed by atoms with Gasteiger partial charge in [-0.1, -0.05) is 11.2 Å². The largest absolute Gasteiger partial charge is 0.504 e. The number of carboxylic acid groups (broad SMARTS) is 1. The zero-order valence-corrected chi connectivity index (χ0v) is 33.0. The average molecular weight is 873 g/mol. The van der Waals surface area contributed by atoms with Gasteiger partial charge in [0.2, 0.25) is 10.0 Å². The number of carbonyl (C=O) groups is 3. The lowest BCUT2D eigenvalue weighted by molar-refractivity contribution is -0.150. The van der Waals surface area contributed by atoms with Crippen LogP contribution in [0, 0.1) is 0 Å². The number of aromatic nitrogens is 1. The number of hydrogen-bond donors (Lipinski definition) is 9. The van der Waals surface area contributed by atoms with E-state index in [9.17, 15) is 48.3 Å². The number of aromatic hydroxyl groups is 4. The Kier molecular flexibility index (Phi) is 11.2. The molecule has 0 saturated carbocycles. The number of anilines is 1. The second-order valence-electron chi connectivity index (χ2n) is 12.6. The fourth-order valence-electron chi connectivity index (χ4n) is 5.79. The number of amides is 2. The molecule has 304 valence electrons. The van der Waals surface area contributed by atoms with E-state index in [-0.39, 0.29) is 63.4 Å². The third-order valence-corrected chi connectivity index (χ3v) is 13.1. The van der Waals surface area contributed by atoms with Gasteiger partial charge in [-0.25, -0.2) is 28.2 Å². The van der Waals surface area contributed by atoms with E-state index in [1.165, 1.54) is 52.1 Å². The first-order valence-electron chi connectivity index (χ1n) is 16.7. The Bertz CT molecular complexity index is 2490. The molecule has 58 heavy (non-hydrogen) atoms. The SMILES string of the molecule is CC1=NC2=CN(CNS(=O)(=O)c3ccc(O)c(O)c3)NN2C(SCC2=C(C(=O)O)N3C(=O)[C@@H](NC(=O)C(=NOCc4ccc(O)c(O)c4)c4csc(N)n4)[C@H]3SC2)=C1. The number of phenols is 4. The highest BCUT2D eigenvalue weighted by Gasteiger charge is 2.54. The molecule has 7 rings (SSSR count).